The van der Waals surface area contributed by atoms with Gasteiger partial charge in [0.05, 0.1) is 32.3 Å². The molecular weight excluding hydrogens is 214 g/mol. The Kier molecular flexibility index (Phi) is 3.41. The summed E-state index contributed by atoms with van der Waals surface area (Å²) in [6.07, 6.45) is 4.21. The van der Waals surface area contributed by atoms with Gasteiger partial charge in [0.25, 0.3) is 0 Å². The van der Waals surface area contributed by atoms with Gasteiger partial charge in [-0.05, 0) is 17.7 Å². The van der Waals surface area contributed by atoms with E-state index in [1.165, 1.54) is 0 Å². The lowest BCUT2D eigenvalue weighted by Crippen LogP contribution is -1.96. The Morgan fingerprint density at radius 3 is 3.06 bits per heavy atom. The molecule has 0 radical (unpaired) electrons. The quantitative estimate of drug-likeness (QED) is 0.806. The van der Waals surface area contributed by atoms with E-state index in [-0.39, 0.29) is 0 Å². The normalized spacial score (nSPS) is 9.88. The number of benzene rings is 1. The summed E-state index contributed by atoms with van der Waals surface area (Å²) in [6, 6.07) is 9.93. The highest BCUT2D eigenvalue weighted by Gasteiger charge is 2.02. The molecule has 0 spiro atoms. The van der Waals surface area contributed by atoms with E-state index < -0.39 is 0 Å². The van der Waals surface area contributed by atoms with E-state index in [2.05, 4.69) is 11.2 Å². The minimum Gasteiger partial charge on any atom is -0.497 e. The maximum atomic E-state index is 8.51. The Labute approximate surface area is 100 Å². The smallest absolute Gasteiger partial charge is 0.119 e. The van der Waals surface area contributed by atoms with Crippen LogP contribution >= 0.6 is 0 Å². The maximum Gasteiger partial charge on any atom is 0.119 e. The number of aryl methyl sites for hydroxylation is 1. The summed E-state index contributed by atoms with van der Waals surface area (Å²) in [6.45, 7) is 0.625. The highest BCUT2D eigenvalue weighted by atomic mass is 16.5. The standard InChI is InChI=1S/C13H13N3O/c1-17-13-5-2-4-11(8-13)12-9-15-16(10-12)7-3-6-14/h2,4-5,8-10H,3,7H2,1H3. The summed E-state index contributed by atoms with van der Waals surface area (Å²) < 4.78 is 6.95. The first kappa shape index (κ1) is 11.2. The molecule has 0 amide bonds. The van der Waals surface area contributed by atoms with Crippen LogP contribution in [0.4, 0.5) is 0 Å². The first-order chi connectivity index (χ1) is 8.33. The third kappa shape index (κ3) is 2.64. The van der Waals surface area contributed by atoms with E-state index in [1.54, 1.807) is 18.0 Å². The summed E-state index contributed by atoms with van der Waals surface area (Å²) in [5, 5.41) is 12.7. The molecule has 17 heavy (non-hydrogen) atoms. The van der Waals surface area contributed by atoms with Crippen molar-refractivity contribution in [1.29, 1.82) is 5.26 Å². The maximum absolute atomic E-state index is 8.51. The number of ether oxygens (including phenoxy) is 1. The predicted octanol–water partition coefficient (Wildman–Crippen LogP) is 2.47. The molecule has 0 atom stereocenters. The SMILES string of the molecule is COc1cccc(-c2cnn(CCC#N)c2)c1. The van der Waals surface area contributed by atoms with Crippen LogP contribution in [0.25, 0.3) is 11.1 Å². The Balaban J connectivity index is 2.21. The van der Waals surface area contributed by atoms with Gasteiger partial charge in [-0.25, -0.2) is 0 Å². The molecule has 0 unspecified atom stereocenters. The van der Waals surface area contributed by atoms with E-state index >= 15 is 0 Å². The molecule has 0 fully saturated rings. The molecule has 2 aromatic rings. The van der Waals surface area contributed by atoms with Crippen LogP contribution in [0.15, 0.2) is 36.7 Å². The highest BCUT2D eigenvalue weighted by molar-refractivity contribution is 5.63. The molecule has 2 rings (SSSR count). The Hall–Kier alpha value is -2.28. The van der Waals surface area contributed by atoms with Crippen LogP contribution in [0.2, 0.25) is 0 Å². The average molecular weight is 227 g/mol. The van der Waals surface area contributed by atoms with Gasteiger partial charge >= 0.3 is 0 Å². The van der Waals surface area contributed by atoms with Crippen LogP contribution in [0.1, 0.15) is 6.42 Å². The molecular formula is C13H13N3O. The number of rotatable bonds is 4. The van der Waals surface area contributed by atoms with Gasteiger partial charge in [-0.1, -0.05) is 12.1 Å². The van der Waals surface area contributed by atoms with E-state index in [9.17, 15) is 0 Å². The van der Waals surface area contributed by atoms with Crippen LogP contribution in [0, 0.1) is 11.3 Å². The van der Waals surface area contributed by atoms with Crippen molar-refractivity contribution in [2.24, 2.45) is 0 Å². The molecule has 1 aromatic carbocycles. The lowest BCUT2D eigenvalue weighted by atomic mass is 10.1. The van der Waals surface area contributed by atoms with Crippen molar-refractivity contribution in [2.75, 3.05) is 7.11 Å². The van der Waals surface area contributed by atoms with Crippen LogP contribution in [0.3, 0.4) is 0 Å². The van der Waals surface area contributed by atoms with Crippen molar-refractivity contribution in [3.8, 4) is 22.9 Å². The molecule has 0 saturated heterocycles. The van der Waals surface area contributed by atoms with E-state index in [1.807, 2.05) is 30.5 Å². The summed E-state index contributed by atoms with van der Waals surface area (Å²) in [5.74, 6) is 0.826. The second kappa shape index (κ2) is 5.17. The van der Waals surface area contributed by atoms with Gasteiger partial charge in [0.15, 0.2) is 0 Å². The molecule has 4 heteroatoms. The molecule has 0 saturated carbocycles. The number of nitrogens with zero attached hydrogens (tertiary/aromatic N) is 3. The Bertz CT molecular complexity index is 540. The first-order valence-electron chi connectivity index (χ1n) is 5.37. The molecule has 1 aromatic heterocycles. The number of methoxy groups -OCH3 is 1. The topological polar surface area (TPSA) is 50.8 Å². The molecule has 4 nitrogen and oxygen atoms in total. The lowest BCUT2D eigenvalue weighted by Gasteiger charge is -2.01. The van der Waals surface area contributed by atoms with Crippen molar-refractivity contribution in [3.05, 3.63) is 36.7 Å². The second-order valence-corrected chi connectivity index (χ2v) is 3.63. The van der Waals surface area contributed by atoms with Crippen molar-refractivity contribution in [2.45, 2.75) is 13.0 Å². The lowest BCUT2D eigenvalue weighted by molar-refractivity contribution is 0.415. The largest absolute Gasteiger partial charge is 0.497 e. The molecule has 0 aliphatic heterocycles. The summed E-state index contributed by atoms with van der Waals surface area (Å²) in [7, 11) is 1.65. The summed E-state index contributed by atoms with van der Waals surface area (Å²) >= 11 is 0. The molecule has 86 valence electrons. The number of nitriles is 1. The summed E-state index contributed by atoms with van der Waals surface area (Å²) in [5.41, 5.74) is 2.09. The fourth-order valence-electron chi connectivity index (χ4n) is 1.60. The predicted molar refractivity (Wildman–Crippen MR) is 64.4 cm³/mol. The Morgan fingerprint density at radius 2 is 2.29 bits per heavy atom. The first-order valence-corrected chi connectivity index (χ1v) is 5.37. The van der Waals surface area contributed by atoms with Gasteiger partial charge in [-0.3, -0.25) is 4.68 Å². The highest BCUT2D eigenvalue weighted by Crippen LogP contribution is 2.23. The minimum absolute atomic E-state index is 0.471. The molecule has 0 N–H and O–H groups in total. The number of hydrogen-bond acceptors (Lipinski definition) is 3. The van der Waals surface area contributed by atoms with Crippen LogP contribution in [0.5, 0.6) is 5.75 Å². The van der Waals surface area contributed by atoms with Gasteiger partial charge < -0.3 is 4.74 Å². The second-order valence-electron chi connectivity index (χ2n) is 3.63. The van der Waals surface area contributed by atoms with Crippen LogP contribution in [-0.4, -0.2) is 16.9 Å². The number of hydrogen-bond donors (Lipinski definition) is 0. The van der Waals surface area contributed by atoms with Gasteiger partial charge in [-0.2, -0.15) is 10.4 Å². The monoisotopic (exact) mass is 227 g/mol. The van der Waals surface area contributed by atoms with Crippen molar-refractivity contribution < 1.29 is 4.74 Å². The van der Waals surface area contributed by atoms with E-state index in [0.717, 1.165) is 16.9 Å². The van der Waals surface area contributed by atoms with Crippen LogP contribution in [-0.2, 0) is 6.54 Å². The van der Waals surface area contributed by atoms with Crippen LogP contribution < -0.4 is 4.74 Å². The number of aromatic nitrogens is 2. The molecule has 0 aliphatic carbocycles. The van der Waals surface area contributed by atoms with Crippen molar-refractivity contribution in [1.82, 2.24) is 9.78 Å². The zero-order valence-corrected chi connectivity index (χ0v) is 9.63. The minimum atomic E-state index is 0.471. The van der Waals surface area contributed by atoms with Gasteiger partial charge in [0, 0.05) is 11.8 Å². The van der Waals surface area contributed by atoms with E-state index in [4.69, 9.17) is 10.00 Å². The fraction of sp³-hybridized carbons (Fsp3) is 0.231. The van der Waals surface area contributed by atoms with Crippen molar-refractivity contribution >= 4 is 0 Å². The van der Waals surface area contributed by atoms with E-state index in [0.29, 0.717) is 13.0 Å². The van der Waals surface area contributed by atoms with Crippen molar-refractivity contribution in [3.63, 3.8) is 0 Å². The zero-order chi connectivity index (χ0) is 12.1. The molecule has 0 bridgehead atoms. The Morgan fingerprint density at radius 1 is 1.41 bits per heavy atom. The average Bonchev–Trinajstić information content (AvgIpc) is 2.85. The summed E-state index contributed by atoms with van der Waals surface area (Å²) in [4.78, 5) is 0. The third-order valence-electron chi connectivity index (χ3n) is 2.49. The van der Waals surface area contributed by atoms with Gasteiger partial charge in [0.1, 0.15) is 5.75 Å². The third-order valence-corrected chi connectivity index (χ3v) is 2.49. The zero-order valence-electron chi connectivity index (χ0n) is 9.63. The van der Waals surface area contributed by atoms with Gasteiger partial charge in [0.2, 0.25) is 0 Å². The fourth-order valence-corrected chi connectivity index (χ4v) is 1.60. The molecule has 1 heterocycles. The molecule has 0 aliphatic rings. The van der Waals surface area contributed by atoms with Gasteiger partial charge in [-0.15, -0.1) is 0 Å².